The first-order valence-electron chi connectivity index (χ1n) is 15.9. The second-order valence-corrected chi connectivity index (χ2v) is 16.4. The molecule has 0 unspecified atom stereocenters. The molecule has 0 aliphatic carbocycles. The third-order valence-corrected chi connectivity index (χ3v) is 12.3. The van der Waals surface area contributed by atoms with Crippen molar-refractivity contribution in [1.29, 1.82) is 0 Å². The Morgan fingerprint density at radius 3 is 2.10 bits per heavy atom. The number of carbonyl (C=O) groups is 1. The van der Waals surface area contributed by atoms with Gasteiger partial charge in [0.1, 0.15) is 17.3 Å². The van der Waals surface area contributed by atoms with Gasteiger partial charge in [-0.3, -0.25) is 4.79 Å². The lowest BCUT2D eigenvalue weighted by Crippen LogP contribution is -2.40. The summed E-state index contributed by atoms with van der Waals surface area (Å²) >= 11 is 12.3. The number of halogens is 2. The van der Waals surface area contributed by atoms with E-state index >= 15 is 0 Å². The van der Waals surface area contributed by atoms with Crippen LogP contribution in [0, 0.1) is 6.92 Å². The summed E-state index contributed by atoms with van der Waals surface area (Å²) in [4.78, 5) is 13.1. The fourth-order valence-electron chi connectivity index (χ4n) is 5.09. The van der Waals surface area contributed by atoms with E-state index in [2.05, 4.69) is 10.5 Å². The molecule has 15 heteroatoms. The van der Waals surface area contributed by atoms with Crippen molar-refractivity contribution in [2.75, 3.05) is 20.2 Å². The van der Waals surface area contributed by atoms with Gasteiger partial charge in [-0.15, -0.1) is 0 Å². The standard InChI is InChI=1S/C37H36Cl2N4O7S2/c1-27-8-15-33(16-9-27)52(47,48)43(24-29-10-19-35(38)36(39)22-29)25-32-12-11-31(50-32)23-40-41-37(44)26-42(21-20-28-6-4-3-5-7-28)51(45,46)34-17-13-30(49-2)14-18-34/h3-19,22-23H,20-21,24-26H2,1-2H3,(H,41,44)/b40-23-. The Bertz CT molecular complexity index is 2230. The topological polar surface area (TPSA) is 139 Å². The van der Waals surface area contributed by atoms with Gasteiger partial charge in [0.05, 0.1) is 46.3 Å². The molecule has 52 heavy (non-hydrogen) atoms. The average Bonchev–Trinajstić information content (AvgIpc) is 3.58. The molecule has 5 aromatic rings. The molecule has 0 bridgehead atoms. The van der Waals surface area contributed by atoms with E-state index in [-0.39, 0.29) is 35.2 Å². The number of hydrazone groups is 1. The fraction of sp³-hybridized carbons (Fsp3) is 0.189. The third kappa shape index (κ3) is 10.1. The van der Waals surface area contributed by atoms with Crippen LogP contribution in [-0.2, 0) is 44.4 Å². The summed E-state index contributed by atoms with van der Waals surface area (Å²) < 4.78 is 68.1. The van der Waals surface area contributed by atoms with E-state index in [1.54, 1.807) is 54.6 Å². The first kappa shape index (κ1) is 38.7. The van der Waals surface area contributed by atoms with Crippen molar-refractivity contribution in [3.63, 3.8) is 0 Å². The van der Waals surface area contributed by atoms with Crippen molar-refractivity contribution >= 4 is 55.4 Å². The van der Waals surface area contributed by atoms with Crippen LogP contribution >= 0.6 is 23.2 Å². The summed E-state index contributed by atoms with van der Waals surface area (Å²) in [6, 6.07) is 29.8. The minimum atomic E-state index is -4.06. The van der Waals surface area contributed by atoms with Crippen molar-refractivity contribution in [2.24, 2.45) is 5.10 Å². The van der Waals surface area contributed by atoms with Crippen molar-refractivity contribution in [3.05, 3.63) is 147 Å². The molecule has 4 aromatic carbocycles. The monoisotopic (exact) mass is 782 g/mol. The molecular formula is C37H36Cl2N4O7S2. The van der Waals surface area contributed by atoms with Crippen LogP contribution in [0.15, 0.2) is 129 Å². The fourth-order valence-corrected chi connectivity index (χ4v) is 8.20. The van der Waals surface area contributed by atoms with Crippen LogP contribution in [0.4, 0.5) is 0 Å². The molecular weight excluding hydrogens is 747 g/mol. The summed E-state index contributed by atoms with van der Waals surface area (Å²) in [6.07, 6.45) is 1.62. The van der Waals surface area contributed by atoms with Gasteiger partial charge >= 0.3 is 0 Å². The van der Waals surface area contributed by atoms with Gasteiger partial charge in [0.2, 0.25) is 20.0 Å². The predicted molar refractivity (Wildman–Crippen MR) is 200 cm³/mol. The summed E-state index contributed by atoms with van der Waals surface area (Å²) in [5, 5.41) is 4.60. The van der Waals surface area contributed by atoms with Gasteiger partial charge in [0.15, 0.2) is 0 Å². The summed E-state index contributed by atoms with van der Waals surface area (Å²) in [6.45, 7) is 1.26. The zero-order chi connectivity index (χ0) is 37.3. The summed E-state index contributed by atoms with van der Waals surface area (Å²) in [5.41, 5.74) is 4.80. The number of aryl methyl sites for hydroxylation is 1. The van der Waals surface area contributed by atoms with E-state index in [0.717, 1.165) is 15.4 Å². The molecule has 272 valence electrons. The average molecular weight is 784 g/mol. The highest BCUT2D eigenvalue weighted by Gasteiger charge is 2.28. The number of amides is 1. The number of rotatable bonds is 16. The molecule has 0 saturated heterocycles. The minimum Gasteiger partial charge on any atom is -0.497 e. The Kier molecular flexibility index (Phi) is 12.9. The Hall–Kier alpha value is -4.50. The highest BCUT2D eigenvalue weighted by Crippen LogP contribution is 2.27. The molecule has 0 spiro atoms. The van der Waals surface area contributed by atoms with Gasteiger partial charge in [-0.05, 0) is 85.1 Å². The quantitative estimate of drug-likeness (QED) is 0.0871. The summed E-state index contributed by atoms with van der Waals surface area (Å²) in [5.74, 6) is 0.352. The number of hydrogen-bond acceptors (Lipinski definition) is 8. The van der Waals surface area contributed by atoms with Gasteiger partial charge in [-0.2, -0.15) is 13.7 Å². The van der Waals surface area contributed by atoms with Crippen molar-refractivity contribution in [2.45, 2.75) is 36.2 Å². The molecule has 1 aromatic heterocycles. The molecule has 1 heterocycles. The van der Waals surface area contributed by atoms with Crippen molar-refractivity contribution < 1.29 is 30.8 Å². The molecule has 1 amide bonds. The lowest BCUT2D eigenvalue weighted by Gasteiger charge is -2.22. The van der Waals surface area contributed by atoms with Gasteiger partial charge in [-0.1, -0.05) is 77.3 Å². The molecule has 0 aliphatic heterocycles. The van der Waals surface area contributed by atoms with Gasteiger partial charge in [0.25, 0.3) is 5.91 Å². The molecule has 0 radical (unpaired) electrons. The molecule has 0 fully saturated rings. The molecule has 0 saturated carbocycles. The van der Waals surface area contributed by atoms with Crippen molar-refractivity contribution in [3.8, 4) is 5.75 Å². The second-order valence-electron chi connectivity index (χ2n) is 11.7. The maximum absolute atomic E-state index is 13.8. The number of nitrogens with one attached hydrogen (secondary N) is 1. The van der Waals surface area contributed by atoms with Gasteiger partial charge in [0, 0.05) is 13.1 Å². The van der Waals surface area contributed by atoms with E-state index in [9.17, 15) is 21.6 Å². The highest BCUT2D eigenvalue weighted by molar-refractivity contribution is 7.89. The number of ether oxygens (including phenoxy) is 1. The lowest BCUT2D eigenvalue weighted by molar-refractivity contribution is -0.121. The number of nitrogens with zero attached hydrogens (tertiary/aromatic N) is 3. The maximum Gasteiger partial charge on any atom is 0.255 e. The van der Waals surface area contributed by atoms with Crippen LogP contribution in [0.2, 0.25) is 10.0 Å². The van der Waals surface area contributed by atoms with E-state index in [1.807, 2.05) is 37.3 Å². The van der Waals surface area contributed by atoms with E-state index in [0.29, 0.717) is 33.5 Å². The first-order valence-corrected chi connectivity index (χ1v) is 19.6. The van der Waals surface area contributed by atoms with E-state index in [4.69, 9.17) is 32.4 Å². The smallest absolute Gasteiger partial charge is 0.255 e. The second kappa shape index (κ2) is 17.3. The van der Waals surface area contributed by atoms with Crippen LogP contribution in [0.3, 0.4) is 0 Å². The van der Waals surface area contributed by atoms with Crippen LogP contribution in [0.1, 0.15) is 28.2 Å². The van der Waals surface area contributed by atoms with Crippen LogP contribution in [0.25, 0.3) is 0 Å². The zero-order valence-electron chi connectivity index (χ0n) is 28.3. The van der Waals surface area contributed by atoms with E-state index in [1.165, 1.54) is 41.9 Å². The molecule has 11 nitrogen and oxygen atoms in total. The van der Waals surface area contributed by atoms with Crippen LogP contribution in [0.5, 0.6) is 5.75 Å². The number of benzene rings is 4. The Morgan fingerprint density at radius 2 is 1.44 bits per heavy atom. The first-order chi connectivity index (χ1) is 24.8. The van der Waals surface area contributed by atoms with Crippen LogP contribution in [-0.4, -0.2) is 57.8 Å². The molecule has 5 rings (SSSR count). The number of methoxy groups -OCH3 is 1. The third-order valence-electron chi connectivity index (χ3n) is 7.91. The minimum absolute atomic E-state index is 0.0124. The lowest BCUT2D eigenvalue weighted by atomic mass is 10.1. The molecule has 1 N–H and O–H groups in total. The molecule has 0 aliphatic rings. The Morgan fingerprint density at radius 1 is 0.788 bits per heavy atom. The van der Waals surface area contributed by atoms with Gasteiger partial charge < -0.3 is 9.15 Å². The number of sulfonamides is 2. The normalized spacial score (nSPS) is 12.1. The number of carbonyl (C=O) groups excluding carboxylic acids is 1. The van der Waals surface area contributed by atoms with Gasteiger partial charge in [-0.25, -0.2) is 22.3 Å². The highest BCUT2D eigenvalue weighted by atomic mass is 35.5. The number of hydrogen-bond donors (Lipinski definition) is 1. The summed E-state index contributed by atoms with van der Waals surface area (Å²) in [7, 11) is -6.56. The Labute approximate surface area is 313 Å². The molecule has 0 atom stereocenters. The largest absolute Gasteiger partial charge is 0.497 e. The predicted octanol–water partition coefficient (Wildman–Crippen LogP) is 6.68. The van der Waals surface area contributed by atoms with Crippen LogP contribution < -0.4 is 10.2 Å². The van der Waals surface area contributed by atoms with Crippen molar-refractivity contribution in [1.82, 2.24) is 14.0 Å². The Balaban J connectivity index is 1.28. The number of furan rings is 1. The maximum atomic E-state index is 13.8. The zero-order valence-corrected chi connectivity index (χ0v) is 31.4. The SMILES string of the molecule is COc1ccc(S(=O)(=O)N(CCc2ccccc2)CC(=O)N/N=C\c2ccc(CN(Cc3ccc(Cl)c(Cl)c3)S(=O)(=O)c3ccc(C)cc3)o2)cc1. The van der Waals surface area contributed by atoms with E-state index < -0.39 is 32.5 Å².